The Balaban J connectivity index is 1.61. The lowest BCUT2D eigenvalue weighted by atomic mass is 9.95. The standard InChI is InChI=1S/C24H32N6O2/c1-15-6-8-29(9-7-15)22(23-26-27-28-30(23)14-19-5-4-10-32-19)20-13-18-12-16(2)11-17(3)21(18)25-24(20)31/h11-13,15,19,22H,4-10,14H2,1-3H3,(H,25,31)/t19-,22+/m1/s1. The second kappa shape index (κ2) is 8.75. The number of hydrogen-bond donors (Lipinski definition) is 1. The van der Waals surface area contributed by atoms with Crippen LogP contribution in [0.3, 0.4) is 0 Å². The number of nitrogens with zero attached hydrogens (tertiary/aromatic N) is 5. The van der Waals surface area contributed by atoms with Crippen LogP contribution in [0.25, 0.3) is 10.9 Å². The molecule has 3 aromatic rings. The van der Waals surface area contributed by atoms with Crippen molar-refractivity contribution >= 4 is 10.9 Å². The summed E-state index contributed by atoms with van der Waals surface area (Å²) in [4.78, 5) is 18.9. The maximum absolute atomic E-state index is 13.4. The zero-order chi connectivity index (χ0) is 22.2. The van der Waals surface area contributed by atoms with Gasteiger partial charge in [0.05, 0.1) is 18.2 Å². The molecule has 2 atom stereocenters. The predicted octanol–water partition coefficient (Wildman–Crippen LogP) is 3.13. The first kappa shape index (κ1) is 21.3. The molecule has 1 aromatic carbocycles. The van der Waals surface area contributed by atoms with Crippen molar-refractivity contribution in [1.82, 2.24) is 30.1 Å². The molecular weight excluding hydrogens is 404 g/mol. The average Bonchev–Trinajstić information content (AvgIpc) is 3.44. The largest absolute Gasteiger partial charge is 0.376 e. The van der Waals surface area contributed by atoms with Crippen LogP contribution in [-0.4, -0.2) is 55.9 Å². The van der Waals surface area contributed by atoms with Crippen LogP contribution in [0.5, 0.6) is 0 Å². The van der Waals surface area contributed by atoms with Crippen LogP contribution in [0, 0.1) is 19.8 Å². The number of pyridine rings is 1. The first-order chi connectivity index (χ1) is 15.5. The number of piperidine rings is 1. The molecule has 0 saturated carbocycles. The van der Waals surface area contributed by atoms with Crippen molar-refractivity contribution in [3.05, 3.63) is 51.1 Å². The van der Waals surface area contributed by atoms with Gasteiger partial charge in [-0.3, -0.25) is 9.69 Å². The van der Waals surface area contributed by atoms with Crippen LogP contribution < -0.4 is 5.56 Å². The van der Waals surface area contributed by atoms with Crippen LogP contribution in [0.15, 0.2) is 23.0 Å². The van der Waals surface area contributed by atoms with Crippen molar-refractivity contribution in [2.45, 2.75) is 65.1 Å². The van der Waals surface area contributed by atoms with Gasteiger partial charge in [0, 0.05) is 12.2 Å². The Morgan fingerprint density at radius 1 is 1.19 bits per heavy atom. The van der Waals surface area contributed by atoms with E-state index in [1.165, 1.54) is 5.56 Å². The number of hydrogen-bond acceptors (Lipinski definition) is 6. The first-order valence-electron chi connectivity index (χ1n) is 11.8. The molecule has 2 fully saturated rings. The molecule has 8 nitrogen and oxygen atoms in total. The summed E-state index contributed by atoms with van der Waals surface area (Å²) >= 11 is 0. The van der Waals surface area contributed by atoms with Crippen molar-refractivity contribution in [2.75, 3.05) is 19.7 Å². The third-order valence-corrected chi connectivity index (χ3v) is 7.00. The van der Waals surface area contributed by atoms with Gasteiger partial charge in [-0.15, -0.1) is 5.10 Å². The highest BCUT2D eigenvalue weighted by Gasteiger charge is 2.33. The molecule has 2 aromatic heterocycles. The Labute approximate surface area is 188 Å². The van der Waals surface area contributed by atoms with Gasteiger partial charge in [0.2, 0.25) is 0 Å². The summed E-state index contributed by atoms with van der Waals surface area (Å²) < 4.78 is 7.69. The Morgan fingerprint density at radius 3 is 2.75 bits per heavy atom. The van der Waals surface area contributed by atoms with Crippen LogP contribution >= 0.6 is 0 Å². The summed E-state index contributed by atoms with van der Waals surface area (Å²) in [7, 11) is 0. The fourth-order valence-electron chi connectivity index (χ4n) is 5.21. The molecule has 1 N–H and O–H groups in total. The van der Waals surface area contributed by atoms with Gasteiger partial charge in [0.25, 0.3) is 5.56 Å². The van der Waals surface area contributed by atoms with Crippen molar-refractivity contribution in [1.29, 1.82) is 0 Å². The average molecular weight is 437 g/mol. The number of H-pyrrole nitrogens is 1. The zero-order valence-corrected chi connectivity index (χ0v) is 19.2. The summed E-state index contributed by atoms with van der Waals surface area (Å²) in [6.07, 6.45) is 4.42. The van der Waals surface area contributed by atoms with E-state index in [0.717, 1.165) is 67.7 Å². The van der Waals surface area contributed by atoms with E-state index in [1.54, 1.807) is 0 Å². The van der Waals surface area contributed by atoms with Gasteiger partial charge < -0.3 is 9.72 Å². The summed E-state index contributed by atoms with van der Waals surface area (Å²) in [5, 5.41) is 13.8. The molecule has 0 aliphatic carbocycles. The zero-order valence-electron chi connectivity index (χ0n) is 19.2. The molecule has 0 spiro atoms. The second-order valence-corrected chi connectivity index (χ2v) is 9.58. The summed E-state index contributed by atoms with van der Waals surface area (Å²) in [5.74, 6) is 1.42. The molecule has 2 aliphatic rings. The highest BCUT2D eigenvalue weighted by Crippen LogP contribution is 2.31. The normalized spacial score (nSPS) is 21.4. The Hall–Kier alpha value is -2.58. The van der Waals surface area contributed by atoms with Crippen molar-refractivity contribution in [3.63, 3.8) is 0 Å². The lowest BCUT2D eigenvalue weighted by Gasteiger charge is -2.36. The van der Waals surface area contributed by atoms with Gasteiger partial charge in [-0.05, 0) is 92.0 Å². The molecule has 8 heteroatoms. The number of ether oxygens (including phenoxy) is 1. The van der Waals surface area contributed by atoms with Gasteiger partial charge in [-0.25, -0.2) is 4.68 Å². The number of fused-ring (bicyclic) bond motifs is 1. The maximum Gasteiger partial charge on any atom is 0.253 e. The second-order valence-electron chi connectivity index (χ2n) is 9.58. The molecule has 0 radical (unpaired) electrons. The SMILES string of the molecule is Cc1cc(C)c2[nH]c(=O)c([C@@H](c3nnnn3C[C@H]3CCCO3)N3CCC(C)CC3)cc2c1. The van der Waals surface area contributed by atoms with Gasteiger partial charge >= 0.3 is 0 Å². The Bertz CT molecular complexity index is 1150. The predicted molar refractivity (Wildman–Crippen MR) is 123 cm³/mol. The monoisotopic (exact) mass is 436 g/mol. The number of nitrogens with one attached hydrogen (secondary N) is 1. The van der Waals surface area contributed by atoms with Crippen LogP contribution in [0.2, 0.25) is 0 Å². The summed E-state index contributed by atoms with van der Waals surface area (Å²) in [6.45, 7) is 9.67. The highest BCUT2D eigenvalue weighted by molar-refractivity contribution is 5.83. The van der Waals surface area contributed by atoms with Gasteiger partial charge in [-0.2, -0.15) is 0 Å². The molecule has 170 valence electrons. The van der Waals surface area contributed by atoms with E-state index < -0.39 is 0 Å². The molecule has 2 saturated heterocycles. The summed E-state index contributed by atoms with van der Waals surface area (Å²) in [6, 6.07) is 5.99. The van der Waals surface area contributed by atoms with Crippen molar-refractivity contribution in [3.8, 4) is 0 Å². The van der Waals surface area contributed by atoms with Crippen molar-refractivity contribution in [2.24, 2.45) is 5.92 Å². The maximum atomic E-state index is 13.4. The molecular formula is C24H32N6O2. The number of aryl methyl sites for hydroxylation is 2. The third kappa shape index (κ3) is 4.09. The van der Waals surface area contributed by atoms with E-state index in [9.17, 15) is 4.79 Å². The van der Waals surface area contributed by atoms with Gasteiger partial charge in [0.15, 0.2) is 5.82 Å². The number of rotatable bonds is 5. The van der Waals surface area contributed by atoms with E-state index in [0.29, 0.717) is 18.0 Å². The first-order valence-corrected chi connectivity index (χ1v) is 11.8. The molecule has 0 unspecified atom stereocenters. The molecule has 4 heterocycles. The topological polar surface area (TPSA) is 88.9 Å². The fraction of sp³-hybridized carbons (Fsp3) is 0.583. The smallest absolute Gasteiger partial charge is 0.253 e. The minimum Gasteiger partial charge on any atom is -0.376 e. The van der Waals surface area contributed by atoms with E-state index in [2.05, 4.69) is 51.4 Å². The van der Waals surface area contributed by atoms with Crippen molar-refractivity contribution < 1.29 is 4.74 Å². The lowest BCUT2D eigenvalue weighted by Crippen LogP contribution is -2.40. The minimum atomic E-state index is -0.284. The molecule has 2 aliphatic heterocycles. The number of aromatic amines is 1. The number of tetrazole rings is 1. The highest BCUT2D eigenvalue weighted by atomic mass is 16.5. The minimum absolute atomic E-state index is 0.0697. The Morgan fingerprint density at radius 2 is 2.00 bits per heavy atom. The number of likely N-dealkylation sites (tertiary alicyclic amines) is 1. The third-order valence-electron chi connectivity index (χ3n) is 7.00. The van der Waals surface area contributed by atoms with E-state index in [4.69, 9.17) is 4.74 Å². The molecule has 0 bridgehead atoms. The Kier molecular flexibility index (Phi) is 5.82. The van der Waals surface area contributed by atoms with Crippen LogP contribution in [0.1, 0.15) is 61.2 Å². The fourth-order valence-corrected chi connectivity index (χ4v) is 5.21. The lowest BCUT2D eigenvalue weighted by molar-refractivity contribution is 0.0894. The van der Waals surface area contributed by atoms with E-state index in [-0.39, 0.29) is 17.7 Å². The summed E-state index contributed by atoms with van der Waals surface area (Å²) in [5.41, 5.74) is 3.80. The van der Waals surface area contributed by atoms with Crippen LogP contribution in [0.4, 0.5) is 0 Å². The molecule has 32 heavy (non-hydrogen) atoms. The van der Waals surface area contributed by atoms with Gasteiger partial charge in [0.1, 0.15) is 6.04 Å². The van der Waals surface area contributed by atoms with E-state index in [1.807, 2.05) is 17.7 Å². The quantitative estimate of drug-likeness (QED) is 0.661. The van der Waals surface area contributed by atoms with Gasteiger partial charge in [-0.1, -0.05) is 18.6 Å². The van der Waals surface area contributed by atoms with Crippen LogP contribution in [-0.2, 0) is 11.3 Å². The molecule has 5 rings (SSSR count). The van der Waals surface area contributed by atoms with E-state index >= 15 is 0 Å². The molecule has 0 amide bonds. The number of aromatic nitrogens is 5. The number of benzene rings is 1.